The molecule has 0 amide bonds. The molecule has 1 aromatic carbocycles. The van der Waals surface area contributed by atoms with Crippen molar-refractivity contribution in [2.45, 2.75) is 11.9 Å². The van der Waals surface area contributed by atoms with E-state index in [2.05, 4.69) is 20.7 Å². The molecule has 0 bridgehead atoms. The first-order valence-corrected chi connectivity index (χ1v) is 5.43. The summed E-state index contributed by atoms with van der Waals surface area (Å²) in [4.78, 5) is 10.9. The van der Waals surface area contributed by atoms with Crippen LogP contribution < -0.4 is 4.74 Å². The van der Waals surface area contributed by atoms with Crippen molar-refractivity contribution < 1.29 is 23.4 Å². The van der Waals surface area contributed by atoms with Gasteiger partial charge in [0.05, 0.1) is 11.1 Å². The second-order valence-electron chi connectivity index (χ2n) is 2.89. The Balaban J connectivity index is 3.39. The van der Waals surface area contributed by atoms with Crippen LogP contribution in [0.5, 0.6) is 5.75 Å². The van der Waals surface area contributed by atoms with Gasteiger partial charge in [0.25, 0.3) is 0 Å². The average molecular weight is 306 g/mol. The quantitative estimate of drug-likeness (QED) is 0.868. The molecule has 90 valence electrons. The molecule has 0 aromatic heterocycles. The van der Waals surface area contributed by atoms with E-state index in [1.54, 1.807) is 6.07 Å². The Labute approximate surface area is 104 Å². The number of hydrogen-bond donors (Lipinski definition) is 1. The molecular formula is C10H6BrF2NO3. The number of hydrogen-bond acceptors (Lipinski definition) is 3. The summed E-state index contributed by atoms with van der Waals surface area (Å²) in [7, 11) is 0. The fourth-order valence-electron chi connectivity index (χ4n) is 1.28. The highest BCUT2D eigenvalue weighted by Gasteiger charge is 2.19. The predicted octanol–water partition coefficient (Wildman–Crippen LogP) is 2.75. The smallest absolute Gasteiger partial charge is 0.387 e. The van der Waals surface area contributed by atoms with E-state index in [1.807, 2.05) is 0 Å². The normalized spacial score (nSPS) is 10.1. The molecule has 0 atom stereocenters. The van der Waals surface area contributed by atoms with Crippen LogP contribution in [0.4, 0.5) is 8.78 Å². The number of benzene rings is 1. The highest BCUT2D eigenvalue weighted by molar-refractivity contribution is 9.08. The van der Waals surface area contributed by atoms with Gasteiger partial charge in [-0.1, -0.05) is 15.9 Å². The van der Waals surface area contributed by atoms with Gasteiger partial charge >= 0.3 is 12.6 Å². The zero-order valence-corrected chi connectivity index (χ0v) is 9.87. The minimum absolute atomic E-state index is 0.0535. The molecule has 0 saturated heterocycles. The number of ether oxygens (including phenoxy) is 1. The van der Waals surface area contributed by atoms with Crippen molar-refractivity contribution in [1.29, 1.82) is 5.26 Å². The fraction of sp³-hybridized carbons (Fsp3) is 0.200. The highest BCUT2D eigenvalue weighted by Crippen LogP contribution is 2.28. The standard InChI is InChI=1S/C10H6BrF2NO3/c11-3-6-5(9(15)16)1-2-8(7(6)4-14)17-10(12)13/h1-2,10H,3H2,(H,15,16). The summed E-state index contributed by atoms with van der Waals surface area (Å²) in [6.07, 6.45) is 0. The van der Waals surface area contributed by atoms with Gasteiger partial charge in [-0.15, -0.1) is 0 Å². The predicted molar refractivity (Wildman–Crippen MR) is 57.4 cm³/mol. The molecule has 4 nitrogen and oxygen atoms in total. The van der Waals surface area contributed by atoms with Gasteiger partial charge in [0, 0.05) is 5.33 Å². The van der Waals surface area contributed by atoms with E-state index in [-0.39, 0.29) is 27.8 Å². The maximum Gasteiger partial charge on any atom is 0.387 e. The maximum atomic E-state index is 12.1. The van der Waals surface area contributed by atoms with Gasteiger partial charge < -0.3 is 9.84 Å². The number of carboxylic acid groups (broad SMARTS) is 1. The second-order valence-corrected chi connectivity index (χ2v) is 3.45. The van der Waals surface area contributed by atoms with Crippen LogP contribution in [0.15, 0.2) is 12.1 Å². The summed E-state index contributed by atoms with van der Waals surface area (Å²) in [6.45, 7) is -3.07. The summed E-state index contributed by atoms with van der Waals surface area (Å²) < 4.78 is 28.3. The van der Waals surface area contributed by atoms with E-state index in [9.17, 15) is 13.6 Å². The van der Waals surface area contributed by atoms with Crippen molar-refractivity contribution in [1.82, 2.24) is 0 Å². The Morgan fingerprint density at radius 2 is 2.24 bits per heavy atom. The van der Waals surface area contributed by atoms with Crippen LogP contribution in [0.2, 0.25) is 0 Å². The van der Waals surface area contributed by atoms with E-state index < -0.39 is 12.6 Å². The molecule has 1 aromatic rings. The molecular weight excluding hydrogens is 300 g/mol. The van der Waals surface area contributed by atoms with E-state index in [4.69, 9.17) is 10.4 Å². The Bertz CT molecular complexity index is 485. The molecule has 7 heteroatoms. The lowest BCUT2D eigenvalue weighted by atomic mass is 10.0. The number of carbonyl (C=O) groups is 1. The summed E-state index contributed by atoms with van der Waals surface area (Å²) >= 11 is 3.01. The molecule has 1 N–H and O–H groups in total. The van der Waals surface area contributed by atoms with Gasteiger partial charge in [-0.3, -0.25) is 0 Å². The molecule has 0 saturated carbocycles. The van der Waals surface area contributed by atoms with Crippen molar-refractivity contribution in [2.24, 2.45) is 0 Å². The van der Waals surface area contributed by atoms with Gasteiger partial charge in [0.15, 0.2) is 0 Å². The van der Waals surface area contributed by atoms with E-state index in [1.165, 1.54) is 0 Å². The topological polar surface area (TPSA) is 70.3 Å². The molecule has 0 aliphatic rings. The largest absolute Gasteiger partial charge is 0.478 e. The summed E-state index contributed by atoms with van der Waals surface area (Å²) in [5.74, 6) is -1.57. The Morgan fingerprint density at radius 1 is 1.59 bits per heavy atom. The summed E-state index contributed by atoms with van der Waals surface area (Å²) in [5, 5.41) is 17.8. The molecule has 17 heavy (non-hydrogen) atoms. The van der Waals surface area contributed by atoms with Crippen molar-refractivity contribution in [3.63, 3.8) is 0 Å². The van der Waals surface area contributed by atoms with E-state index in [0.717, 1.165) is 12.1 Å². The summed E-state index contributed by atoms with van der Waals surface area (Å²) in [6, 6.07) is 3.83. The lowest BCUT2D eigenvalue weighted by molar-refractivity contribution is -0.0500. The number of rotatable bonds is 4. The molecule has 0 aliphatic carbocycles. The van der Waals surface area contributed by atoms with E-state index >= 15 is 0 Å². The number of nitriles is 1. The highest BCUT2D eigenvalue weighted by atomic mass is 79.9. The zero-order valence-electron chi connectivity index (χ0n) is 8.28. The lowest BCUT2D eigenvalue weighted by Crippen LogP contribution is -2.08. The monoisotopic (exact) mass is 305 g/mol. The van der Waals surface area contributed by atoms with Gasteiger partial charge in [0.2, 0.25) is 0 Å². The van der Waals surface area contributed by atoms with Gasteiger partial charge in [0.1, 0.15) is 11.8 Å². The van der Waals surface area contributed by atoms with Gasteiger partial charge in [-0.25, -0.2) is 4.79 Å². The SMILES string of the molecule is N#Cc1c(OC(F)F)ccc(C(=O)O)c1CBr. The molecule has 0 unspecified atom stereocenters. The Morgan fingerprint density at radius 3 is 2.65 bits per heavy atom. The van der Waals surface area contributed by atoms with Crippen molar-refractivity contribution in [3.8, 4) is 11.8 Å². The molecule has 0 aliphatic heterocycles. The zero-order chi connectivity index (χ0) is 13.0. The lowest BCUT2D eigenvalue weighted by Gasteiger charge is -2.11. The van der Waals surface area contributed by atoms with Crippen LogP contribution >= 0.6 is 15.9 Å². The van der Waals surface area contributed by atoms with Crippen LogP contribution in [-0.4, -0.2) is 17.7 Å². The van der Waals surface area contributed by atoms with E-state index in [0.29, 0.717) is 0 Å². The molecule has 0 spiro atoms. The second kappa shape index (κ2) is 5.59. The third kappa shape index (κ3) is 2.91. The Hall–Kier alpha value is -1.68. The fourth-order valence-corrected chi connectivity index (χ4v) is 1.86. The van der Waals surface area contributed by atoms with Crippen LogP contribution in [0.25, 0.3) is 0 Å². The van der Waals surface area contributed by atoms with Crippen LogP contribution in [0.3, 0.4) is 0 Å². The average Bonchev–Trinajstić information content (AvgIpc) is 2.26. The number of halogens is 3. The van der Waals surface area contributed by atoms with Crippen LogP contribution in [0, 0.1) is 11.3 Å². The molecule has 1 rings (SSSR count). The van der Waals surface area contributed by atoms with Crippen LogP contribution in [-0.2, 0) is 5.33 Å². The van der Waals surface area contributed by atoms with Crippen molar-refractivity contribution in [2.75, 3.05) is 0 Å². The maximum absolute atomic E-state index is 12.1. The number of aromatic carboxylic acids is 1. The first-order chi connectivity index (χ1) is 8.01. The van der Waals surface area contributed by atoms with Crippen molar-refractivity contribution >= 4 is 21.9 Å². The molecule has 0 heterocycles. The minimum Gasteiger partial charge on any atom is -0.478 e. The third-order valence-electron chi connectivity index (χ3n) is 1.97. The first-order valence-electron chi connectivity index (χ1n) is 4.31. The minimum atomic E-state index is -3.07. The van der Waals surface area contributed by atoms with Gasteiger partial charge in [-0.2, -0.15) is 14.0 Å². The number of carboxylic acids is 1. The number of nitrogens with zero attached hydrogens (tertiary/aromatic N) is 1. The first kappa shape index (κ1) is 13.4. The van der Waals surface area contributed by atoms with Crippen LogP contribution in [0.1, 0.15) is 21.5 Å². The Kier molecular flexibility index (Phi) is 4.40. The molecule has 0 fully saturated rings. The van der Waals surface area contributed by atoms with Gasteiger partial charge in [-0.05, 0) is 17.7 Å². The number of alkyl halides is 3. The van der Waals surface area contributed by atoms with Crippen molar-refractivity contribution in [3.05, 3.63) is 28.8 Å². The third-order valence-corrected chi connectivity index (χ3v) is 2.53. The molecule has 0 radical (unpaired) electrons. The summed E-state index contributed by atoms with van der Waals surface area (Å²) in [5.41, 5.74) is -0.222.